The summed E-state index contributed by atoms with van der Waals surface area (Å²) in [6, 6.07) is 12.6. The first-order valence-corrected chi connectivity index (χ1v) is 7.89. The van der Waals surface area contributed by atoms with Crippen molar-refractivity contribution < 1.29 is 14.3 Å². The van der Waals surface area contributed by atoms with Crippen LogP contribution in [-0.4, -0.2) is 32.0 Å². The second-order valence-corrected chi connectivity index (χ2v) is 6.11. The number of nitrogens with zero attached hydrogens (tertiary/aromatic N) is 2. The maximum absolute atomic E-state index is 12.6. The number of fused-ring (bicyclic) bond motifs is 1. The van der Waals surface area contributed by atoms with E-state index in [0.717, 1.165) is 5.56 Å². The molecule has 0 fully saturated rings. The molecule has 1 aliphatic heterocycles. The van der Waals surface area contributed by atoms with Crippen LogP contribution in [0.15, 0.2) is 42.5 Å². The van der Waals surface area contributed by atoms with Crippen LogP contribution in [0, 0.1) is 6.92 Å². The monoisotopic (exact) mass is 344 g/mol. The van der Waals surface area contributed by atoms with Crippen molar-refractivity contribution in [2.75, 3.05) is 30.0 Å². The van der Waals surface area contributed by atoms with Crippen molar-refractivity contribution in [2.45, 2.75) is 6.92 Å². The van der Waals surface area contributed by atoms with Gasteiger partial charge in [0.25, 0.3) is 5.91 Å². The molecule has 0 aliphatic carbocycles. The molecule has 24 heavy (non-hydrogen) atoms. The molecule has 3 rings (SSSR count). The molecular formula is C18H17ClN2O3. The molecule has 0 atom stereocenters. The number of hydrogen-bond donors (Lipinski definition) is 0. The number of hydrogen-bond acceptors (Lipinski definition) is 3. The first-order valence-electron chi connectivity index (χ1n) is 7.51. The van der Waals surface area contributed by atoms with Crippen molar-refractivity contribution in [2.24, 2.45) is 0 Å². The molecule has 2 amide bonds. The average Bonchev–Trinajstić information content (AvgIpc) is 2.56. The Kier molecular flexibility index (Phi) is 4.44. The number of carbonyl (C=O) groups excluding carboxylic acids is 2. The number of likely N-dealkylation sites (N-methyl/N-ethyl adjacent to an activating group) is 1. The Hall–Kier alpha value is -2.53. The van der Waals surface area contributed by atoms with Gasteiger partial charge in [0, 0.05) is 17.8 Å². The second-order valence-electron chi connectivity index (χ2n) is 5.67. The van der Waals surface area contributed by atoms with E-state index in [0.29, 0.717) is 22.1 Å². The molecule has 1 aliphatic rings. The first kappa shape index (κ1) is 16.3. The zero-order valence-electron chi connectivity index (χ0n) is 13.5. The number of carbonyl (C=O) groups is 2. The van der Waals surface area contributed by atoms with E-state index < -0.39 is 0 Å². The van der Waals surface area contributed by atoms with Crippen molar-refractivity contribution in [3.63, 3.8) is 0 Å². The van der Waals surface area contributed by atoms with Gasteiger partial charge in [0.2, 0.25) is 5.91 Å². The molecule has 1 heterocycles. The van der Waals surface area contributed by atoms with E-state index in [4.69, 9.17) is 16.3 Å². The summed E-state index contributed by atoms with van der Waals surface area (Å²) in [5, 5.41) is 0.551. The lowest BCUT2D eigenvalue weighted by Gasteiger charge is -2.30. The van der Waals surface area contributed by atoms with Gasteiger partial charge in [0.15, 0.2) is 6.61 Å². The zero-order valence-corrected chi connectivity index (χ0v) is 14.2. The summed E-state index contributed by atoms with van der Waals surface area (Å²) in [5.41, 5.74) is 2.33. The summed E-state index contributed by atoms with van der Waals surface area (Å²) in [5.74, 6) is 0.172. The number of halogens is 1. The summed E-state index contributed by atoms with van der Waals surface area (Å²) in [7, 11) is 1.66. The summed E-state index contributed by atoms with van der Waals surface area (Å²) in [6.07, 6.45) is 0. The van der Waals surface area contributed by atoms with Gasteiger partial charge in [-0.05, 0) is 42.8 Å². The molecule has 2 aromatic rings. The Labute approximate surface area is 145 Å². The third-order valence-electron chi connectivity index (χ3n) is 3.92. The van der Waals surface area contributed by atoms with Crippen LogP contribution in [0.1, 0.15) is 5.56 Å². The lowest BCUT2D eigenvalue weighted by molar-refractivity contribution is -0.124. The predicted octanol–water partition coefficient (Wildman–Crippen LogP) is 3.04. The molecule has 0 bridgehead atoms. The van der Waals surface area contributed by atoms with Gasteiger partial charge in [0.05, 0.1) is 5.69 Å². The summed E-state index contributed by atoms with van der Waals surface area (Å²) >= 11 is 5.97. The Balaban J connectivity index is 1.83. The minimum absolute atomic E-state index is 0.0543. The number of ether oxygens (including phenoxy) is 1. The molecule has 2 aromatic carbocycles. The Morgan fingerprint density at radius 1 is 1.29 bits per heavy atom. The van der Waals surface area contributed by atoms with Crippen LogP contribution in [0.3, 0.4) is 0 Å². The zero-order chi connectivity index (χ0) is 17.3. The molecule has 0 radical (unpaired) electrons. The van der Waals surface area contributed by atoms with Crippen LogP contribution in [0.4, 0.5) is 11.4 Å². The maximum Gasteiger partial charge on any atom is 0.265 e. The van der Waals surface area contributed by atoms with Gasteiger partial charge in [0.1, 0.15) is 12.3 Å². The van der Waals surface area contributed by atoms with Gasteiger partial charge in [-0.1, -0.05) is 23.7 Å². The third kappa shape index (κ3) is 3.21. The Morgan fingerprint density at radius 2 is 2.08 bits per heavy atom. The number of benzene rings is 2. The van der Waals surface area contributed by atoms with E-state index in [1.165, 1.54) is 9.80 Å². The predicted molar refractivity (Wildman–Crippen MR) is 93.9 cm³/mol. The van der Waals surface area contributed by atoms with Gasteiger partial charge in [-0.2, -0.15) is 0 Å². The minimum Gasteiger partial charge on any atom is -0.482 e. The standard InChI is InChI=1S/C18H17ClN2O3/c1-12-6-7-15-16(8-12)24-11-18(23)21(15)10-17(22)20(2)14-5-3-4-13(19)9-14/h3-9H,10-11H2,1-2H3. The fourth-order valence-corrected chi connectivity index (χ4v) is 2.74. The van der Waals surface area contributed by atoms with Gasteiger partial charge < -0.3 is 9.64 Å². The van der Waals surface area contributed by atoms with E-state index in [2.05, 4.69) is 0 Å². The molecule has 0 saturated carbocycles. The molecule has 0 unspecified atom stereocenters. The highest BCUT2D eigenvalue weighted by Gasteiger charge is 2.28. The highest BCUT2D eigenvalue weighted by Crippen LogP contribution is 2.32. The van der Waals surface area contributed by atoms with Crippen LogP contribution in [-0.2, 0) is 9.59 Å². The van der Waals surface area contributed by atoms with Crippen molar-refractivity contribution in [3.05, 3.63) is 53.1 Å². The Morgan fingerprint density at radius 3 is 2.83 bits per heavy atom. The second kappa shape index (κ2) is 6.53. The molecule has 0 N–H and O–H groups in total. The van der Waals surface area contributed by atoms with E-state index in [9.17, 15) is 9.59 Å². The molecular weight excluding hydrogens is 328 g/mol. The number of anilines is 2. The smallest absolute Gasteiger partial charge is 0.265 e. The highest BCUT2D eigenvalue weighted by molar-refractivity contribution is 6.30. The molecule has 0 saturated heterocycles. The highest BCUT2D eigenvalue weighted by atomic mass is 35.5. The Bertz CT molecular complexity index is 807. The van der Waals surface area contributed by atoms with Crippen LogP contribution in [0.25, 0.3) is 0 Å². The SMILES string of the molecule is Cc1ccc2c(c1)OCC(=O)N2CC(=O)N(C)c1cccc(Cl)c1. The number of amides is 2. The lowest BCUT2D eigenvalue weighted by Crippen LogP contribution is -2.45. The molecule has 6 heteroatoms. The quantitative estimate of drug-likeness (QED) is 0.860. The van der Waals surface area contributed by atoms with Gasteiger partial charge in [-0.15, -0.1) is 0 Å². The third-order valence-corrected chi connectivity index (χ3v) is 4.16. The van der Waals surface area contributed by atoms with Gasteiger partial charge >= 0.3 is 0 Å². The van der Waals surface area contributed by atoms with Crippen molar-refractivity contribution >= 4 is 34.8 Å². The van der Waals surface area contributed by atoms with E-state index in [1.807, 2.05) is 19.1 Å². The van der Waals surface area contributed by atoms with E-state index >= 15 is 0 Å². The topological polar surface area (TPSA) is 49.9 Å². The molecule has 124 valence electrons. The van der Waals surface area contributed by atoms with Crippen LogP contribution in [0.5, 0.6) is 5.75 Å². The van der Waals surface area contributed by atoms with Crippen molar-refractivity contribution in [1.29, 1.82) is 0 Å². The van der Waals surface area contributed by atoms with Crippen LogP contribution >= 0.6 is 11.6 Å². The van der Waals surface area contributed by atoms with E-state index in [1.54, 1.807) is 37.4 Å². The van der Waals surface area contributed by atoms with Gasteiger partial charge in [-0.25, -0.2) is 0 Å². The molecule has 5 nitrogen and oxygen atoms in total. The van der Waals surface area contributed by atoms with Crippen LogP contribution in [0.2, 0.25) is 5.02 Å². The first-order chi connectivity index (χ1) is 11.5. The number of aryl methyl sites for hydroxylation is 1. The summed E-state index contributed by atoms with van der Waals surface area (Å²) < 4.78 is 5.46. The van der Waals surface area contributed by atoms with Crippen LogP contribution < -0.4 is 14.5 Å². The molecule has 0 spiro atoms. The van der Waals surface area contributed by atoms with Gasteiger partial charge in [-0.3, -0.25) is 14.5 Å². The lowest BCUT2D eigenvalue weighted by atomic mass is 10.1. The van der Waals surface area contributed by atoms with E-state index in [-0.39, 0.29) is 25.0 Å². The normalized spacial score (nSPS) is 13.3. The fourth-order valence-electron chi connectivity index (χ4n) is 2.56. The average molecular weight is 345 g/mol. The fraction of sp³-hybridized carbons (Fsp3) is 0.222. The molecule has 0 aromatic heterocycles. The maximum atomic E-state index is 12.6. The van der Waals surface area contributed by atoms with Crippen molar-refractivity contribution in [1.82, 2.24) is 0 Å². The van der Waals surface area contributed by atoms with Crippen molar-refractivity contribution in [3.8, 4) is 5.75 Å². The minimum atomic E-state index is -0.237. The number of rotatable bonds is 3. The largest absolute Gasteiger partial charge is 0.482 e. The summed E-state index contributed by atoms with van der Waals surface area (Å²) in [4.78, 5) is 27.7. The summed E-state index contributed by atoms with van der Waals surface area (Å²) in [6.45, 7) is 1.83.